The first-order valence-electron chi connectivity index (χ1n) is 12.3. The molecule has 4 heteroatoms. The summed E-state index contributed by atoms with van der Waals surface area (Å²) in [7, 11) is 0. The lowest BCUT2D eigenvalue weighted by Crippen LogP contribution is -2.55. The number of likely N-dealkylation sites (N-methyl/N-ethyl adjacent to an activating group) is 1. The summed E-state index contributed by atoms with van der Waals surface area (Å²) in [4.78, 5) is 11.2. The van der Waals surface area contributed by atoms with Gasteiger partial charge >= 0.3 is 0 Å². The molecule has 1 amide bonds. The van der Waals surface area contributed by atoms with Crippen molar-refractivity contribution in [3.8, 4) is 0 Å². The molecule has 2 unspecified atom stereocenters. The van der Waals surface area contributed by atoms with Gasteiger partial charge in [-0.1, -0.05) is 76.9 Å². The van der Waals surface area contributed by atoms with Gasteiger partial charge in [0.05, 0.1) is 19.3 Å². The molecule has 2 N–H and O–H groups in total. The van der Waals surface area contributed by atoms with Gasteiger partial charge in [0.15, 0.2) is 6.17 Å². The summed E-state index contributed by atoms with van der Waals surface area (Å²) in [6.45, 7) is 8.85. The second kappa shape index (κ2) is 16.5. The molecule has 29 heavy (non-hydrogen) atoms. The van der Waals surface area contributed by atoms with E-state index >= 15 is 0 Å². The van der Waals surface area contributed by atoms with Gasteiger partial charge in [-0.2, -0.15) is 0 Å². The zero-order valence-corrected chi connectivity index (χ0v) is 19.6. The summed E-state index contributed by atoms with van der Waals surface area (Å²) < 4.78 is 0.923. The van der Waals surface area contributed by atoms with Gasteiger partial charge in [-0.05, 0) is 26.2 Å². The molecule has 4 nitrogen and oxygen atoms in total. The Kier molecular flexibility index (Phi) is 14.6. The van der Waals surface area contributed by atoms with Gasteiger partial charge in [0, 0.05) is 13.3 Å². The lowest BCUT2D eigenvalue weighted by molar-refractivity contribution is -0.898. The van der Waals surface area contributed by atoms with E-state index in [1.54, 1.807) is 6.92 Å². The van der Waals surface area contributed by atoms with Crippen LogP contribution in [0.5, 0.6) is 0 Å². The second-order valence-corrected chi connectivity index (χ2v) is 8.64. The lowest BCUT2D eigenvalue weighted by atomic mass is 10.1. The number of carbonyl (C=O) groups is 1. The van der Waals surface area contributed by atoms with Crippen LogP contribution in [0.15, 0.2) is 24.6 Å². The third-order valence-corrected chi connectivity index (χ3v) is 6.27. The van der Waals surface area contributed by atoms with E-state index < -0.39 is 0 Å². The minimum atomic E-state index is 0.0573. The van der Waals surface area contributed by atoms with Crippen molar-refractivity contribution in [1.82, 2.24) is 10.6 Å². The number of nitrogens with one attached hydrogen (secondary N) is 2. The molecule has 0 saturated carbocycles. The maximum Gasteiger partial charge on any atom is 0.217 e. The summed E-state index contributed by atoms with van der Waals surface area (Å²) in [5.74, 6) is 0.0573. The number of hydrogen-bond donors (Lipinski definition) is 2. The molecule has 0 bridgehead atoms. The summed E-state index contributed by atoms with van der Waals surface area (Å²) >= 11 is 0. The molecule has 0 saturated heterocycles. The minimum absolute atomic E-state index is 0.0573. The van der Waals surface area contributed by atoms with Crippen molar-refractivity contribution in [3.63, 3.8) is 0 Å². The molecule has 1 aliphatic rings. The van der Waals surface area contributed by atoms with Crippen LogP contribution in [0.1, 0.15) is 104 Å². The van der Waals surface area contributed by atoms with E-state index in [0.717, 1.165) is 37.0 Å². The van der Waals surface area contributed by atoms with Crippen molar-refractivity contribution in [2.24, 2.45) is 0 Å². The van der Waals surface area contributed by atoms with Gasteiger partial charge < -0.3 is 10.6 Å². The first-order chi connectivity index (χ1) is 14.1. The Morgan fingerprint density at radius 1 is 0.966 bits per heavy atom. The van der Waals surface area contributed by atoms with Crippen LogP contribution in [-0.4, -0.2) is 36.2 Å². The van der Waals surface area contributed by atoms with Gasteiger partial charge in [0.25, 0.3) is 0 Å². The van der Waals surface area contributed by atoms with Crippen LogP contribution in [0.25, 0.3) is 0 Å². The number of quaternary nitrogens is 1. The van der Waals surface area contributed by atoms with Crippen LogP contribution in [0.2, 0.25) is 0 Å². The van der Waals surface area contributed by atoms with Crippen LogP contribution in [-0.2, 0) is 4.79 Å². The van der Waals surface area contributed by atoms with Crippen molar-refractivity contribution >= 4 is 5.91 Å². The smallest absolute Gasteiger partial charge is 0.217 e. The van der Waals surface area contributed by atoms with Crippen molar-refractivity contribution in [1.29, 1.82) is 0 Å². The second-order valence-electron chi connectivity index (χ2n) is 8.64. The number of nitrogens with zero attached hydrogens (tertiary/aromatic N) is 1. The number of hydrogen-bond acceptors (Lipinski definition) is 2. The van der Waals surface area contributed by atoms with E-state index in [4.69, 9.17) is 0 Å². The molecule has 1 heterocycles. The highest BCUT2D eigenvalue weighted by Gasteiger charge is 2.35. The minimum Gasteiger partial charge on any atom is -0.351 e. The summed E-state index contributed by atoms with van der Waals surface area (Å²) in [6.07, 6.45) is 27.1. The monoisotopic (exact) mass is 406 g/mol. The van der Waals surface area contributed by atoms with Gasteiger partial charge in [0.2, 0.25) is 5.91 Å². The molecule has 0 spiro atoms. The third kappa shape index (κ3) is 11.5. The predicted octanol–water partition coefficient (Wildman–Crippen LogP) is 6.01. The topological polar surface area (TPSA) is 41.1 Å². The van der Waals surface area contributed by atoms with E-state index in [2.05, 4.69) is 49.0 Å². The molecule has 2 atom stereocenters. The molecule has 1 rings (SSSR count). The Balaban J connectivity index is 2.06. The molecule has 0 radical (unpaired) electrons. The third-order valence-electron chi connectivity index (χ3n) is 6.27. The van der Waals surface area contributed by atoms with Gasteiger partial charge in [-0.3, -0.25) is 9.28 Å². The number of rotatable bonds is 18. The SMILES string of the molecule is CCCCCCCCCCCC/C=C/CCC1NC=C[N+]1(CC)CCNC(C)=O. The molecule has 0 aromatic heterocycles. The predicted molar refractivity (Wildman–Crippen MR) is 125 cm³/mol. The molecular weight excluding hydrogens is 358 g/mol. The van der Waals surface area contributed by atoms with Crippen LogP contribution >= 0.6 is 0 Å². The van der Waals surface area contributed by atoms with Crippen molar-refractivity contribution < 1.29 is 9.28 Å². The normalized spacial score (nSPS) is 21.0. The fourth-order valence-corrected chi connectivity index (χ4v) is 4.29. The quantitative estimate of drug-likeness (QED) is 0.166. The van der Waals surface area contributed by atoms with Crippen LogP contribution in [0.4, 0.5) is 0 Å². The maximum absolute atomic E-state index is 11.2. The van der Waals surface area contributed by atoms with E-state index in [1.807, 2.05) is 0 Å². The highest BCUT2D eigenvalue weighted by Crippen LogP contribution is 2.22. The molecule has 1 aliphatic heterocycles. The first-order valence-corrected chi connectivity index (χ1v) is 12.3. The fourth-order valence-electron chi connectivity index (χ4n) is 4.29. The Morgan fingerprint density at radius 2 is 1.59 bits per heavy atom. The van der Waals surface area contributed by atoms with E-state index in [1.165, 1.54) is 70.6 Å². The highest BCUT2D eigenvalue weighted by atomic mass is 16.1. The van der Waals surface area contributed by atoms with Gasteiger partial charge in [-0.25, -0.2) is 0 Å². The summed E-state index contributed by atoms with van der Waals surface area (Å²) in [5, 5.41) is 6.47. The number of allylic oxidation sites excluding steroid dienone is 2. The molecule has 0 fully saturated rings. The van der Waals surface area contributed by atoms with Crippen LogP contribution in [0.3, 0.4) is 0 Å². The molecule has 0 aromatic carbocycles. The van der Waals surface area contributed by atoms with Gasteiger partial charge in [-0.15, -0.1) is 0 Å². The molecular formula is C25H48N3O+. The lowest BCUT2D eigenvalue weighted by Gasteiger charge is -2.37. The van der Waals surface area contributed by atoms with Crippen LogP contribution < -0.4 is 10.6 Å². The fraction of sp³-hybridized carbons (Fsp3) is 0.800. The number of amides is 1. The van der Waals surface area contributed by atoms with E-state index in [9.17, 15) is 4.79 Å². The Morgan fingerprint density at radius 3 is 2.21 bits per heavy atom. The van der Waals surface area contributed by atoms with E-state index in [-0.39, 0.29) is 5.91 Å². The van der Waals surface area contributed by atoms with Crippen molar-refractivity contribution in [3.05, 3.63) is 24.6 Å². The zero-order valence-electron chi connectivity index (χ0n) is 19.6. The maximum atomic E-state index is 11.2. The van der Waals surface area contributed by atoms with Gasteiger partial charge in [0.1, 0.15) is 12.7 Å². The van der Waals surface area contributed by atoms with Crippen LogP contribution in [0, 0.1) is 0 Å². The molecule has 0 aliphatic carbocycles. The van der Waals surface area contributed by atoms with Crippen molar-refractivity contribution in [2.45, 2.75) is 110 Å². The summed E-state index contributed by atoms with van der Waals surface area (Å²) in [5.41, 5.74) is 0. The number of carbonyl (C=O) groups excluding carboxylic acids is 1. The average molecular weight is 407 g/mol. The molecule has 168 valence electrons. The molecule has 0 aromatic rings. The standard InChI is InChI=1S/C25H47N3O/c1-4-6-7-8-9-10-11-12-13-14-15-16-17-18-19-25-27-21-23-28(25,5-2)22-20-26-24(3)29/h16-17,21,23,25,27H,4-15,18-20,22H2,1-3H3/p+1/b17-16+. The Labute approximate surface area is 180 Å². The Bertz CT molecular complexity index is 475. The largest absolute Gasteiger partial charge is 0.351 e. The zero-order chi connectivity index (χ0) is 21.2. The average Bonchev–Trinajstić information content (AvgIpc) is 3.11. The highest BCUT2D eigenvalue weighted by molar-refractivity contribution is 5.72. The first kappa shape index (κ1) is 25.7. The number of unbranched alkanes of at least 4 members (excludes halogenated alkanes) is 10. The van der Waals surface area contributed by atoms with Crippen molar-refractivity contribution in [2.75, 3.05) is 19.6 Å². The summed E-state index contributed by atoms with van der Waals surface area (Å²) in [6, 6.07) is 0. The van der Waals surface area contributed by atoms with E-state index in [0.29, 0.717) is 6.17 Å². The Hall–Kier alpha value is -1.29.